The average Bonchev–Trinajstić information content (AvgIpc) is 3.44. The Labute approximate surface area is 170 Å². The molecule has 0 spiro atoms. The molecule has 0 aliphatic heterocycles. The summed E-state index contributed by atoms with van der Waals surface area (Å²) in [6.45, 7) is 3.83. The number of benzene rings is 1. The van der Waals surface area contributed by atoms with Crippen LogP contribution in [0.5, 0.6) is 0 Å². The fourth-order valence-corrected chi connectivity index (χ4v) is 4.05. The average molecular weight is 411 g/mol. The van der Waals surface area contributed by atoms with Gasteiger partial charge in [-0.2, -0.15) is 5.10 Å². The smallest absolute Gasteiger partial charge is 0.234 e. The zero-order valence-corrected chi connectivity index (χ0v) is 17.0. The van der Waals surface area contributed by atoms with Crippen LogP contribution in [0.15, 0.2) is 53.0 Å². The van der Waals surface area contributed by atoms with E-state index in [-0.39, 0.29) is 11.7 Å². The van der Waals surface area contributed by atoms with Crippen molar-refractivity contribution in [3.05, 3.63) is 59.2 Å². The lowest BCUT2D eigenvalue weighted by atomic mass is 10.3. The highest BCUT2D eigenvalue weighted by Crippen LogP contribution is 2.25. The minimum Gasteiger partial charge on any atom is -0.322 e. The number of nitrogens with zero attached hydrogens (tertiary/aromatic N) is 4. The molecule has 142 valence electrons. The first kappa shape index (κ1) is 18.5. The molecule has 1 aromatic carbocycles. The number of aryl methyl sites for hydroxylation is 1. The van der Waals surface area contributed by atoms with Crippen LogP contribution in [0.4, 0.5) is 5.69 Å². The molecule has 0 bridgehead atoms. The van der Waals surface area contributed by atoms with Gasteiger partial charge in [-0.05, 0) is 37.4 Å². The molecule has 0 aliphatic rings. The van der Waals surface area contributed by atoms with E-state index in [2.05, 4.69) is 25.6 Å². The van der Waals surface area contributed by atoms with Crippen molar-refractivity contribution in [2.75, 3.05) is 11.1 Å². The fraction of sp³-hybridized carbons (Fsp3) is 0.158. The number of hydrogen-bond acceptors (Lipinski definition) is 6. The summed E-state index contributed by atoms with van der Waals surface area (Å²) in [6.07, 6.45) is 0. The number of aromatic amines is 1. The summed E-state index contributed by atoms with van der Waals surface area (Å²) in [5, 5.41) is 17.1. The molecule has 0 saturated heterocycles. The van der Waals surface area contributed by atoms with Gasteiger partial charge in [-0.1, -0.05) is 36.0 Å². The Morgan fingerprint density at radius 1 is 1.21 bits per heavy atom. The Kier molecular flexibility index (Phi) is 5.27. The van der Waals surface area contributed by atoms with E-state index in [1.54, 1.807) is 11.3 Å². The van der Waals surface area contributed by atoms with Gasteiger partial charge in [-0.15, -0.1) is 16.4 Å². The monoisotopic (exact) mass is 410 g/mol. The molecule has 9 heteroatoms. The summed E-state index contributed by atoms with van der Waals surface area (Å²) >= 11 is 2.88. The van der Waals surface area contributed by atoms with E-state index in [4.69, 9.17) is 0 Å². The number of anilines is 1. The van der Waals surface area contributed by atoms with Gasteiger partial charge >= 0.3 is 0 Å². The summed E-state index contributed by atoms with van der Waals surface area (Å²) in [5.41, 5.74) is 3.36. The third kappa shape index (κ3) is 3.85. The van der Waals surface area contributed by atoms with Crippen LogP contribution in [-0.4, -0.2) is 36.6 Å². The Morgan fingerprint density at radius 3 is 2.79 bits per heavy atom. The minimum absolute atomic E-state index is 0.119. The van der Waals surface area contributed by atoms with Crippen LogP contribution in [0.1, 0.15) is 11.4 Å². The number of aromatic nitrogens is 5. The van der Waals surface area contributed by atoms with Crippen LogP contribution >= 0.6 is 23.1 Å². The van der Waals surface area contributed by atoms with Crippen molar-refractivity contribution in [1.29, 1.82) is 0 Å². The van der Waals surface area contributed by atoms with Gasteiger partial charge in [0.05, 0.1) is 33.4 Å². The van der Waals surface area contributed by atoms with Crippen LogP contribution in [0.2, 0.25) is 0 Å². The molecule has 0 atom stereocenters. The third-order valence-corrected chi connectivity index (χ3v) is 5.83. The van der Waals surface area contributed by atoms with Crippen molar-refractivity contribution in [2.24, 2.45) is 0 Å². The van der Waals surface area contributed by atoms with E-state index in [9.17, 15) is 4.79 Å². The number of nitrogens with one attached hydrogen (secondary N) is 2. The third-order valence-electron chi connectivity index (χ3n) is 4.11. The van der Waals surface area contributed by atoms with Gasteiger partial charge in [0.1, 0.15) is 0 Å². The van der Waals surface area contributed by atoms with Crippen molar-refractivity contribution >= 4 is 34.7 Å². The maximum absolute atomic E-state index is 12.4. The summed E-state index contributed by atoms with van der Waals surface area (Å²) in [7, 11) is 0. The zero-order chi connectivity index (χ0) is 19.5. The van der Waals surface area contributed by atoms with Gasteiger partial charge in [0.25, 0.3) is 0 Å². The molecule has 0 fully saturated rings. The second kappa shape index (κ2) is 7.99. The van der Waals surface area contributed by atoms with Gasteiger partial charge in [-0.3, -0.25) is 9.89 Å². The molecule has 0 saturated carbocycles. The minimum atomic E-state index is -0.119. The van der Waals surface area contributed by atoms with Crippen LogP contribution in [-0.2, 0) is 4.79 Å². The van der Waals surface area contributed by atoms with Gasteiger partial charge < -0.3 is 5.32 Å². The molecule has 7 nitrogen and oxygen atoms in total. The van der Waals surface area contributed by atoms with Crippen molar-refractivity contribution in [3.8, 4) is 16.4 Å². The molecule has 28 heavy (non-hydrogen) atoms. The molecule has 4 aromatic rings. The van der Waals surface area contributed by atoms with E-state index in [0.29, 0.717) is 11.0 Å². The Balaban J connectivity index is 1.41. The summed E-state index contributed by atoms with van der Waals surface area (Å²) in [5.74, 6) is 0.817. The quantitative estimate of drug-likeness (QED) is 0.468. The van der Waals surface area contributed by atoms with E-state index >= 15 is 0 Å². The first-order valence-electron chi connectivity index (χ1n) is 8.62. The summed E-state index contributed by atoms with van der Waals surface area (Å²) < 4.78 is 1.83. The zero-order valence-electron chi connectivity index (χ0n) is 15.3. The topological polar surface area (TPSA) is 88.5 Å². The van der Waals surface area contributed by atoms with Crippen molar-refractivity contribution in [1.82, 2.24) is 25.0 Å². The second-order valence-electron chi connectivity index (χ2n) is 6.07. The molecule has 1 amide bonds. The predicted octanol–water partition coefficient (Wildman–Crippen LogP) is 4.07. The van der Waals surface area contributed by atoms with Crippen LogP contribution < -0.4 is 5.32 Å². The number of hydrogen-bond donors (Lipinski definition) is 2. The van der Waals surface area contributed by atoms with Crippen molar-refractivity contribution in [2.45, 2.75) is 19.0 Å². The fourth-order valence-electron chi connectivity index (χ4n) is 2.78. The molecule has 0 unspecified atom stereocenters. The standard InChI is InChI=1S/C19H18N6OS2/c1-12-17(13(2)25(24-12)14-7-4-3-5-8-14)20-16(26)11-28-19-21-18(22-23-19)15-9-6-10-27-15/h3-10H,11H2,1-2H3,(H,20,26)(H,21,22,23). The lowest BCUT2D eigenvalue weighted by Crippen LogP contribution is -2.15. The lowest BCUT2D eigenvalue weighted by Gasteiger charge is -2.06. The Bertz CT molecular complexity index is 1090. The highest BCUT2D eigenvalue weighted by molar-refractivity contribution is 7.99. The van der Waals surface area contributed by atoms with Crippen LogP contribution in [0.25, 0.3) is 16.4 Å². The number of rotatable bonds is 6. The number of H-pyrrole nitrogens is 1. The first-order chi connectivity index (χ1) is 13.6. The first-order valence-corrected chi connectivity index (χ1v) is 10.5. The van der Waals surface area contributed by atoms with Gasteiger partial charge in [0, 0.05) is 0 Å². The van der Waals surface area contributed by atoms with E-state index in [1.807, 2.05) is 66.4 Å². The molecule has 0 radical (unpaired) electrons. The molecule has 0 aliphatic carbocycles. The normalized spacial score (nSPS) is 10.9. The van der Waals surface area contributed by atoms with Crippen LogP contribution in [0.3, 0.4) is 0 Å². The molecule has 3 aromatic heterocycles. The SMILES string of the molecule is Cc1nn(-c2ccccc2)c(C)c1NC(=O)CSc1n[nH]c(-c2cccs2)n1. The summed E-state index contributed by atoms with van der Waals surface area (Å²) in [4.78, 5) is 17.9. The number of thioether (sulfide) groups is 1. The Morgan fingerprint density at radius 2 is 2.04 bits per heavy atom. The van der Waals surface area contributed by atoms with E-state index in [1.165, 1.54) is 11.8 Å². The Hall–Kier alpha value is -2.91. The summed E-state index contributed by atoms with van der Waals surface area (Å²) in [6, 6.07) is 13.8. The van der Waals surface area contributed by atoms with Gasteiger partial charge in [0.15, 0.2) is 5.82 Å². The molecular weight excluding hydrogens is 392 g/mol. The second-order valence-corrected chi connectivity index (χ2v) is 7.96. The highest BCUT2D eigenvalue weighted by Gasteiger charge is 2.16. The largest absolute Gasteiger partial charge is 0.322 e. The number of amides is 1. The van der Waals surface area contributed by atoms with E-state index < -0.39 is 0 Å². The maximum Gasteiger partial charge on any atom is 0.234 e. The number of carbonyl (C=O) groups is 1. The number of para-hydroxylation sites is 1. The molecule has 4 rings (SSSR count). The van der Waals surface area contributed by atoms with Gasteiger partial charge in [0.2, 0.25) is 11.1 Å². The van der Waals surface area contributed by atoms with Crippen molar-refractivity contribution < 1.29 is 4.79 Å². The molecule has 2 N–H and O–H groups in total. The molecule has 3 heterocycles. The predicted molar refractivity (Wildman–Crippen MR) is 112 cm³/mol. The highest BCUT2D eigenvalue weighted by atomic mass is 32.2. The number of thiophene rings is 1. The van der Waals surface area contributed by atoms with Crippen LogP contribution in [0, 0.1) is 13.8 Å². The van der Waals surface area contributed by atoms with E-state index in [0.717, 1.165) is 27.6 Å². The molecular formula is C19H18N6OS2. The van der Waals surface area contributed by atoms with Gasteiger partial charge in [-0.25, -0.2) is 9.67 Å². The lowest BCUT2D eigenvalue weighted by molar-refractivity contribution is -0.113. The van der Waals surface area contributed by atoms with Crippen molar-refractivity contribution in [3.63, 3.8) is 0 Å². The maximum atomic E-state index is 12.4. The number of carbonyl (C=O) groups excluding carboxylic acids is 1.